The predicted molar refractivity (Wildman–Crippen MR) is 140 cm³/mol. The van der Waals surface area contributed by atoms with E-state index in [0.717, 1.165) is 48.8 Å². The summed E-state index contributed by atoms with van der Waals surface area (Å²) in [4.78, 5) is 31.8. The molecule has 0 fully saturated rings. The highest BCUT2D eigenvalue weighted by Gasteiger charge is 2.40. The van der Waals surface area contributed by atoms with Crippen LogP contribution in [0.4, 0.5) is 10.1 Å². The number of hydrogen-bond acceptors (Lipinski definition) is 5. The van der Waals surface area contributed by atoms with Crippen LogP contribution >= 0.6 is 11.8 Å². The van der Waals surface area contributed by atoms with Gasteiger partial charge in [-0.2, -0.15) is 11.8 Å². The lowest BCUT2D eigenvalue weighted by molar-refractivity contribution is -0.117. The van der Waals surface area contributed by atoms with Crippen molar-refractivity contribution in [2.24, 2.45) is 0 Å². The van der Waals surface area contributed by atoms with Crippen LogP contribution in [0, 0.1) is 19.7 Å². The molecule has 3 rings (SSSR count). The van der Waals surface area contributed by atoms with Crippen molar-refractivity contribution in [3.63, 3.8) is 0 Å². The Balaban J connectivity index is 1.90. The van der Waals surface area contributed by atoms with E-state index in [1.165, 1.54) is 12.1 Å². The summed E-state index contributed by atoms with van der Waals surface area (Å²) < 4.78 is 14.1. The van der Waals surface area contributed by atoms with E-state index < -0.39 is 5.92 Å². The van der Waals surface area contributed by atoms with Crippen molar-refractivity contribution in [2.45, 2.75) is 51.7 Å². The lowest BCUT2D eigenvalue weighted by Crippen LogP contribution is -2.35. The maximum atomic E-state index is 14.1. The molecular weight excluding hydrogens is 467 g/mol. The summed E-state index contributed by atoms with van der Waals surface area (Å²) in [5.74, 6) is -0.567. The Labute approximate surface area is 211 Å². The fourth-order valence-corrected chi connectivity index (χ4v) is 6.17. The minimum Gasteiger partial charge on any atom is -0.396 e. The Kier molecular flexibility index (Phi) is 9.77. The van der Waals surface area contributed by atoms with Gasteiger partial charge in [0.1, 0.15) is 5.82 Å². The van der Waals surface area contributed by atoms with Gasteiger partial charge in [0, 0.05) is 36.8 Å². The van der Waals surface area contributed by atoms with Gasteiger partial charge in [0.15, 0.2) is 0 Å². The first-order valence-corrected chi connectivity index (χ1v) is 13.4. The number of unbranched alkanes of at least 4 members (excludes halogenated alkanes) is 1. The number of aromatic amines is 1. The van der Waals surface area contributed by atoms with Crippen molar-refractivity contribution >= 4 is 29.3 Å². The van der Waals surface area contributed by atoms with Gasteiger partial charge in [0.05, 0.1) is 16.7 Å². The SMILES string of the molecule is CCN(CC)CCNC(=O)c1c(C)[nH]c(C(SCCCCO)C2C(=O)Nc3ccc(F)cc32)c1C. The number of aryl methyl sites for hydroxylation is 1. The minimum atomic E-state index is -0.588. The number of halogens is 1. The molecule has 2 atom stereocenters. The normalized spacial score (nSPS) is 15.9. The maximum absolute atomic E-state index is 14.1. The average Bonchev–Trinajstić information content (AvgIpc) is 3.31. The summed E-state index contributed by atoms with van der Waals surface area (Å²) in [6.07, 6.45) is 1.46. The first-order valence-electron chi connectivity index (χ1n) is 12.3. The molecule has 2 heterocycles. The van der Waals surface area contributed by atoms with E-state index in [0.29, 0.717) is 29.8 Å². The first-order chi connectivity index (χ1) is 16.8. The van der Waals surface area contributed by atoms with Crippen LogP contribution in [0.25, 0.3) is 0 Å². The molecule has 0 saturated heterocycles. The zero-order chi connectivity index (χ0) is 25.5. The van der Waals surface area contributed by atoms with Gasteiger partial charge >= 0.3 is 0 Å². The number of likely N-dealkylation sites (N-methyl/N-ethyl adjacent to an activating group) is 1. The molecule has 0 saturated carbocycles. The third kappa shape index (κ3) is 6.26. The Morgan fingerprint density at radius 3 is 2.69 bits per heavy atom. The molecule has 1 aromatic carbocycles. The number of anilines is 1. The first kappa shape index (κ1) is 27.2. The molecule has 0 radical (unpaired) electrons. The van der Waals surface area contributed by atoms with Crippen molar-refractivity contribution in [1.82, 2.24) is 15.2 Å². The van der Waals surface area contributed by atoms with Crippen LogP contribution in [0.5, 0.6) is 0 Å². The maximum Gasteiger partial charge on any atom is 0.253 e. The summed E-state index contributed by atoms with van der Waals surface area (Å²) in [5.41, 5.74) is 4.21. The number of fused-ring (bicyclic) bond motifs is 1. The van der Waals surface area contributed by atoms with Gasteiger partial charge in [0.25, 0.3) is 5.91 Å². The zero-order valence-corrected chi connectivity index (χ0v) is 21.9. The Morgan fingerprint density at radius 2 is 2.00 bits per heavy atom. The van der Waals surface area contributed by atoms with E-state index >= 15 is 0 Å². The number of aliphatic hydroxyl groups is 1. The molecule has 192 valence electrons. The average molecular weight is 505 g/mol. The number of H-pyrrole nitrogens is 1. The number of nitrogens with zero attached hydrogens (tertiary/aromatic N) is 1. The minimum absolute atomic E-state index is 0.113. The number of benzene rings is 1. The third-order valence-electron chi connectivity index (χ3n) is 6.64. The molecule has 7 nitrogen and oxygen atoms in total. The number of rotatable bonds is 13. The van der Waals surface area contributed by atoms with Crippen molar-refractivity contribution < 1.29 is 19.1 Å². The second kappa shape index (κ2) is 12.6. The van der Waals surface area contributed by atoms with Crippen LogP contribution < -0.4 is 10.6 Å². The Morgan fingerprint density at radius 1 is 1.26 bits per heavy atom. The molecule has 0 spiro atoms. The van der Waals surface area contributed by atoms with Gasteiger partial charge in [-0.1, -0.05) is 13.8 Å². The topological polar surface area (TPSA) is 97.5 Å². The van der Waals surface area contributed by atoms with Crippen LogP contribution in [0.1, 0.15) is 70.7 Å². The smallest absolute Gasteiger partial charge is 0.253 e. The van der Waals surface area contributed by atoms with Gasteiger partial charge < -0.3 is 25.6 Å². The number of thioether (sulfide) groups is 1. The molecule has 35 heavy (non-hydrogen) atoms. The highest BCUT2D eigenvalue weighted by atomic mass is 32.2. The summed E-state index contributed by atoms with van der Waals surface area (Å²) in [6, 6.07) is 4.36. The van der Waals surface area contributed by atoms with Gasteiger partial charge in [-0.3, -0.25) is 9.59 Å². The van der Waals surface area contributed by atoms with E-state index in [1.54, 1.807) is 17.8 Å². The quantitative estimate of drug-likeness (QED) is 0.308. The lowest BCUT2D eigenvalue weighted by atomic mass is 9.93. The molecule has 1 aliphatic heterocycles. The second-order valence-electron chi connectivity index (χ2n) is 8.87. The second-order valence-corrected chi connectivity index (χ2v) is 10.1. The summed E-state index contributed by atoms with van der Waals surface area (Å²) in [6.45, 7) is 11.3. The predicted octanol–water partition coefficient (Wildman–Crippen LogP) is 4.12. The number of aromatic nitrogens is 1. The summed E-state index contributed by atoms with van der Waals surface area (Å²) in [7, 11) is 0. The summed E-state index contributed by atoms with van der Waals surface area (Å²) >= 11 is 1.60. The molecule has 2 aromatic rings. The highest BCUT2D eigenvalue weighted by molar-refractivity contribution is 7.99. The van der Waals surface area contributed by atoms with Crippen LogP contribution in [0.3, 0.4) is 0 Å². The molecule has 9 heteroatoms. The molecule has 0 aliphatic carbocycles. The van der Waals surface area contributed by atoms with Gasteiger partial charge in [-0.15, -0.1) is 0 Å². The number of aliphatic hydroxyl groups excluding tert-OH is 1. The van der Waals surface area contributed by atoms with Crippen molar-refractivity contribution in [3.8, 4) is 0 Å². The fraction of sp³-hybridized carbons (Fsp3) is 0.538. The highest BCUT2D eigenvalue weighted by Crippen LogP contribution is 2.49. The monoisotopic (exact) mass is 504 g/mol. The molecule has 2 amide bonds. The van der Waals surface area contributed by atoms with Crippen molar-refractivity contribution in [3.05, 3.63) is 52.1 Å². The van der Waals surface area contributed by atoms with E-state index in [9.17, 15) is 19.1 Å². The van der Waals surface area contributed by atoms with Crippen LogP contribution in [0.2, 0.25) is 0 Å². The largest absolute Gasteiger partial charge is 0.396 e. The molecule has 1 aliphatic rings. The van der Waals surface area contributed by atoms with Crippen LogP contribution in [0.15, 0.2) is 18.2 Å². The molecule has 1 aromatic heterocycles. The number of nitrogens with one attached hydrogen (secondary N) is 3. The van der Waals surface area contributed by atoms with E-state index in [4.69, 9.17) is 0 Å². The van der Waals surface area contributed by atoms with E-state index in [2.05, 4.69) is 34.4 Å². The van der Waals surface area contributed by atoms with Crippen LogP contribution in [-0.4, -0.2) is 65.3 Å². The third-order valence-corrected chi connectivity index (χ3v) is 8.03. The van der Waals surface area contributed by atoms with Crippen molar-refractivity contribution in [2.75, 3.05) is 43.9 Å². The van der Waals surface area contributed by atoms with Gasteiger partial charge in [-0.05, 0) is 74.9 Å². The standard InChI is InChI=1S/C26H37FN4O3S/c1-5-31(6-2)12-11-28-25(33)21-16(3)23(29-17(21)4)24(35-14-8-7-13-32)22-19-15-18(27)9-10-20(19)30-26(22)34/h9-10,15,22,24,29,32H,5-8,11-14H2,1-4H3,(H,28,33)(H,30,34). The molecule has 0 bridgehead atoms. The fourth-order valence-electron chi connectivity index (χ4n) is 4.68. The number of amides is 2. The number of carbonyl (C=O) groups is 2. The van der Waals surface area contributed by atoms with Crippen LogP contribution in [-0.2, 0) is 4.79 Å². The Hall–Kier alpha value is -2.36. The Bertz CT molecular complexity index is 1040. The van der Waals surface area contributed by atoms with Crippen molar-refractivity contribution in [1.29, 1.82) is 0 Å². The summed E-state index contributed by atoms with van der Waals surface area (Å²) in [5, 5.41) is 14.8. The van der Waals surface area contributed by atoms with Gasteiger partial charge in [-0.25, -0.2) is 4.39 Å². The molecule has 2 unspecified atom stereocenters. The van der Waals surface area contributed by atoms with Gasteiger partial charge in [0.2, 0.25) is 5.91 Å². The number of hydrogen-bond donors (Lipinski definition) is 4. The van der Waals surface area contributed by atoms with E-state index in [1.807, 2.05) is 13.8 Å². The molecule has 4 N–H and O–H groups in total. The molecular formula is C26H37FN4O3S. The zero-order valence-electron chi connectivity index (χ0n) is 21.0. The van der Waals surface area contributed by atoms with E-state index in [-0.39, 0.29) is 29.5 Å². The lowest BCUT2D eigenvalue weighted by Gasteiger charge is -2.23. The number of carbonyl (C=O) groups excluding carboxylic acids is 2.